The third-order valence-corrected chi connectivity index (χ3v) is 2.62. The summed E-state index contributed by atoms with van der Waals surface area (Å²) in [5.41, 5.74) is -0.979. The van der Waals surface area contributed by atoms with E-state index >= 15 is 0 Å². The molecule has 0 aliphatic rings. The van der Waals surface area contributed by atoms with Crippen LogP contribution in [0.1, 0.15) is 10.4 Å². The van der Waals surface area contributed by atoms with Crippen molar-refractivity contribution in [1.29, 1.82) is 0 Å². The lowest BCUT2D eigenvalue weighted by Gasteiger charge is -2.08. The lowest BCUT2D eigenvalue weighted by Crippen LogP contribution is -2.01. The zero-order valence-corrected chi connectivity index (χ0v) is 10.3. The van der Waals surface area contributed by atoms with E-state index in [2.05, 4.69) is 5.32 Å². The largest absolute Gasteiger partial charge is 0.478 e. The van der Waals surface area contributed by atoms with Gasteiger partial charge in [-0.1, -0.05) is 0 Å². The Morgan fingerprint density at radius 1 is 1.19 bits per heavy atom. The number of halogens is 2. The van der Waals surface area contributed by atoms with Gasteiger partial charge in [0.15, 0.2) is 0 Å². The van der Waals surface area contributed by atoms with E-state index < -0.39 is 28.2 Å². The second-order valence-corrected chi connectivity index (χ2v) is 4.05. The summed E-state index contributed by atoms with van der Waals surface area (Å²) in [7, 11) is 0. The van der Waals surface area contributed by atoms with Gasteiger partial charge >= 0.3 is 11.7 Å². The van der Waals surface area contributed by atoms with E-state index in [1.54, 1.807) is 0 Å². The molecule has 0 aliphatic carbocycles. The highest BCUT2D eigenvalue weighted by molar-refractivity contribution is 5.88. The normalized spacial score (nSPS) is 10.2. The van der Waals surface area contributed by atoms with Crippen LogP contribution in [0.5, 0.6) is 0 Å². The van der Waals surface area contributed by atoms with Crippen molar-refractivity contribution >= 4 is 23.0 Å². The van der Waals surface area contributed by atoms with Crippen molar-refractivity contribution in [3.63, 3.8) is 0 Å². The highest BCUT2D eigenvalue weighted by Gasteiger charge is 2.22. The number of nitro benzene ring substituents is 1. The van der Waals surface area contributed by atoms with Gasteiger partial charge in [0.05, 0.1) is 10.5 Å². The Bertz CT molecular complexity index is 717. The van der Waals surface area contributed by atoms with E-state index in [1.807, 2.05) is 0 Å². The van der Waals surface area contributed by atoms with Gasteiger partial charge in [0.1, 0.15) is 11.5 Å². The van der Waals surface area contributed by atoms with E-state index in [9.17, 15) is 23.7 Å². The zero-order chi connectivity index (χ0) is 15.6. The number of hydrogen-bond acceptors (Lipinski definition) is 4. The number of nitrogens with one attached hydrogen (secondary N) is 1. The van der Waals surface area contributed by atoms with Crippen molar-refractivity contribution in [3.8, 4) is 0 Å². The molecular weight excluding hydrogens is 286 g/mol. The number of hydrogen-bond donors (Lipinski definition) is 2. The van der Waals surface area contributed by atoms with Crippen LogP contribution in [0, 0.1) is 21.7 Å². The first kappa shape index (κ1) is 14.4. The summed E-state index contributed by atoms with van der Waals surface area (Å²) in [6, 6.07) is 6.37. The number of benzene rings is 2. The van der Waals surface area contributed by atoms with Crippen LogP contribution < -0.4 is 5.32 Å². The lowest BCUT2D eigenvalue weighted by atomic mass is 10.2. The Hall–Kier alpha value is -3.03. The molecule has 21 heavy (non-hydrogen) atoms. The molecule has 0 spiro atoms. The molecular formula is C13H8F2N2O4. The number of rotatable bonds is 4. The number of carboxylic acids is 1. The van der Waals surface area contributed by atoms with Crippen LogP contribution in [-0.2, 0) is 0 Å². The maximum absolute atomic E-state index is 13.4. The summed E-state index contributed by atoms with van der Waals surface area (Å²) >= 11 is 0. The average Bonchev–Trinajstić information content (AvgIpc) is 2.37. The van der Waals surface area contributed by atoms with Gasteiger partial charge in [0.2, 0.25) is 5.82 Å². The molecule has 0 fully saturated rings. The van der Waals surface area contributed by atoms with Gasteiger partial charge in [-0.05, 0) is 24.3 Å². The molecule has 0 amide bonds. The van der Waals surface area contributed by atoms with Gasteiger partial charge in [-0.25, -0.2) is 9.18 Å². The minimum Gasteiger partial charge on any atom is -0.478 e. The standard InChI is InChI=1S/C13H8F2N2O4/c14-8-5-10(15)12(17(20)21)11(6-8)16-9-3-1-7(2-4-9)13(18)19/h1-6,16H,(H,18,19). The van der Waals surface area contributed by atoms with Crippen LogP contribution in [0.25, 0.3) is 0 Å². The van der Waals surface area contributed by atoms with Crippen molar-refractivity contribution in [2.75, 3.05) is 5.32 Å². The third kappa shape index (κ3) is 3.11. The molecule has 0 aliphatic heterocycles. The first-order valence-corrected chi connectivity index (χ1v) is 5.62. The first-order chi connectivity index (χ1) is 9.88. The monoisotopic (exact) mass is 294 g/mol. The molecule has 108 valence electrons. The number of aromatic carboxylic acids is 1. The van der Waals surface area contributed by atoms with Crippen molar-refractivity contribution in [1.82, 2.24) is 0 Å². The molecule has 0 radical (unpaired) electrons. The van der Waals surface area contributed by atoms with Crippen LogP contribution >= 0.6 is 0 Å². The van der Waals surface area contributed by atoms with Crippen molar-refractivity contribution < 1.29 is 23.6 Å². The van der Waals surface area contributed by atoms with E-state index in [1.165, 1.54) is 24.3 Å². The molecule has 0 saturated heterocycles. The number of nitro groups is 1. The number of anilines is 2. The smallest absolute Gasteiger partial charge is 0.335 e. The van der Waals surface area contributed by atoms with Crippen LogP contribution in [0.4, 0.5) is 25.8 Å². The average molecular weight is 294 g/mol. The number of carbonyl (C=O) groups is 1. The summed E-state index contributed by atoms with van der Waals surface area (Å²) in [6.45, 7) is 0. The molecule has 8 heteroatoms. The summed E-state index contributed by atoms with van der Waals surface area (Å²) in [4.78, 5) is 20.5. The summed E-state index contributed by atoms with van der Waals surface area (Å²) in [5.74, 6) is -3.41. The minimum absolute atomic E-state index is 0.0143. The fourth-order valence-electron chi connectivity index (χ4n) is 1.70. The molecule has 0 aromatic heterocycles. The Balaban J connectivity index is 2.39. The molecule has 0 unspecified atom stereocenters. The molecule has 6 nitrogen and oxygen atoms in total. The highest BCUT2D eigenvalue weighted by atomic mass is 19.1. The molecule has 2 aromatic carbocycles. The minimum atomic E-state index is -1.30. The van der Waals surface area contributed by atoms with Crippen molar-refractivity contribution in [2.45, 2.75) is 0 Å². The van der Waals surface area contributed by atoms with Crippen LogP contribution in [0.3, 0.4) is 0 Å². The third-order valence-electron chi connectivity index (χ3n) is 2.62. The molecule has 2 aromatic rings. The molecule has 2 N–H and O–H groups in total. The topological polar surface area (TPSA) is 92.5 Å². The predicted octanol–water partition coefficient (Wildman–Crippen LogP) is 3.31. The van der Waals surface area contributed by atoms with Crippen molar-refractivity contribution in [2.24, 2.45) is 0 Å². The Kier molecular flexibility index (Phi) is 3.79. The maximum Gasteiger partial charge on any atom is 0.335 e. The summed E-state index contributed by atoms with van der Waals surface area (Å²) < 4.78 is 26.6. The second kappa shape index (κ2) is 5.53. The number of carboxylic acid groups (broad SMARTS) is 1. The SMILES string of the molecule is O=C(O)c1ccc(Nc2cc(F)cc(F)c2[N+](=O)[O-])cc1. The van der Waals surface area contributed by atoms with Gasteiger partial charge in [0, 0.05) is 17.8 Å². The zero-order valence-electron chi connectivity index (χ0n) is 10.3. The van der Waals surface area contributed by atoms with E-state index in [-0.39, 0.29) is 16.9 Å². The van der Waals surface area contributed by atoms with E-state index in [0.29, 0.717) is 6.07 Å². The Labute approximate surface area is 116 Å². The lowest BCUT2D eigenvalue weighted by molar-refractivity contribution is -0.386. The fourth-order valence-corrected chi connectivity index (χ4v) is 1.70. The second-order valence-electron chi connectivity index (χ2n) is 4.05. The molecule has 2 rings (SSSR count). The molecule has 0 heterocycles. The van der Waals surface area contributed by atoms with E-state index in [4.69, 9.17) is 5.11 Å². The Morgan fingerprint density at radius 3 is 2.33 bits per heavy atom. The fraction of sp³-hybridized carbons (Fsp3) is 0. The quantitative estimate of drug-likeness (QED) is 0.666. The van der Waals surface area contributed by atoms with Crippen molar-refractivity contribution in [3.05, 3.63) is 63.7 Å². The summed E-state index contributed by atoms with van der Waals surface area (Å²) in [5, 5.41) is 22.0. The van der Waals surface area contributed by atoms with Gasteiger partial charge in [-0.2, -0.15) is 4.39 Å². The van der Waals surface area contributed by atoms with Gasteiger partial charge in [0.25, 0.3) is 0 Å². The van der Waals surface area contributed by atoms with Gasteiger partial charge < -0.3 is 10.4 Å². The molecule has 0 bridgehead atoms. The van der Waals surface area contributed by atoms with Crippen LogP contribution in [0.2, 0.25) is 0 Å². The predicted molar refractivity (Wildman–Crippen MR) is 69.7 cm³/mol. The Morgan fingerprint density at radius 2 is 1.81 bits per heavy atom. The van der Waals surface area contributed by atoms with Gasteiger partial charge in [-0.15, -0.1) is 0 Å². The number of nitrogens with zero attached hydrogens (tertiary/aromatic N) is 1. The van der Waals surface area contributed by atoms with Crippen LogP contribution in [0.15, 0.2) is 36.4 Å². The van der Waals surface area contributed by atoms with E-state index in [0.717, 1.165) is 6.07 Å². The summed E-state index contributed by atoms with van der Waals surface area (Å²) in [6.07, 6.45) is 0. The maximum atomic E-state index is 13.4. The van der Waals surface area contributed by atoms with Crippen LogP contribution in [-0.4, -0.2) is 16.0 Å². The highest BCUT2D eigenvalue weighted by Crippen LogP contribution is 2.31. The molecule has 0 saturated carbocycles. The first-order valence-electron chi connectivity index (χ1n) is 5.62. The van der Waals surface area contributed by atoms with Gasteiger partial charge in [-0.3, -0.25) is 10.1 Å². The molecule has 0 atom stereocenters.